The summed E-state index contributed by atoms with van der Waals surface area (Å²) in [6.45, 7) is 5.80. The quantitative estimate of drug-likeness (QED) is 0.541. The summed E-state index contributed by atoms with van der Waals surface area (Å²) < 4.78 is 30.8. The highest BCUT2D eigenvalue weighted by Crippen LogP contribution is 2.21. The van der Waals surface area contributed by atoms with Crippen molar-refractivity contribution in [3.05, 3.63) is 35.8 Å². The molecule has 0 spiro atoms. The van der Waals surface area contributed by atoms with Gasteiger partial charge in [-0.2, -0.15) is 0 Å². The van der Waals surface area contributed by atoms with Crippen LogP contribution in [0.3, 0.4) is 0 Å². The molecule has 0 aliphatic carbocycles. The lowest BCUT2D eigenvalue weighted by atomic mass is 10.3. The van der Waals surface area contributed by atoms with Gasteiger partial charge in [-0.05, 0) is 38.1 Å². The largest absolute Gasteiger partial charge is 0.357 e. The van der Waals surface area contributed by atoms with E-state index in [2.05, 4.69) is 19.3 Å². The second kappa shape index (κ2) is 8.65. The van der Waals surface area contributed by atoms with Crippen LogP contribution in [-0.2, 0) is 10.0 Å². The van der Waals surface area contributed by atoms with Gasteiger partial charge in [0.25, 0.3) is 10.0 Å². The fourth-order valence-electron chi connectivity index (χ4n) is 1.80. The van der Waals surface area contributed by atoms with Gasteiger partial charge in [-0.1, -0.05) is 12.2 Å². The Morgan fingerprint density at radius 1 is 1.29 bits per heavy atom. The van der Waals surface area contributed by atoms with E-state index in [9.17, 15) is 8.42 Å². The van der Waals surface area contributed by atoms with E-state index < -0.39 is 10.0 Å². The second-order valence-corrected chi connectivity index (χ2v) is 8.63. The Morgan fingerprint density at radius 3 is 2.50 bits per heavy atom. The first-order valence-corrected chi connectivity index (χ1v) is 10.8. The number of nitrogens with zero attached hydrogens (tertiary/aromatic N) is 2. The van der Waals surface area contributed by atoms with Crippen LogP contribution in [0.15, 0.2) is 40.7 Å². The predicted molar refractivity (Wildman–Crippen MR) is 106 cm³/mol. The second-order valence-electron chi connectivity index (χ2n) is 4.61. The monoisotopic (exact) mass is 402 g/mol. The lowest BCUT2D eigenvalue weighted by Gasteiger charge is -2.20. The maximum absolute atomic E-state index is 12.2. The van der Waals surface area contributed by atoms with E-state index in [1.54, 1.807) is 35.8 Å². The van der Waals surface area contributed by atoms with E-state index in [1.807, 2.05) is 13.8 Å². The number of sulfonamides is 1. The van der Waals surface area contributed by atoms with Crippen molar-refractivity contribution < 1.29 is 8.42 Å². The molecular formula is C14H18N4O2S4. The van der Waals surface area contributed by atoms with Crippen LogP contribution in [0.2, 0.25) is 0 Å². The standard InChI is InChI=1S/C14H18N4O2S4/c1-3-18(4-2)14(21)23-16-11-5-7-12(8-6-11)24(19,20)17-13-15-9-10-22-13/h5-10,16H,3-4H2,1-2H3,(H,15,17). The van der Waals surface area contributed by atoms with E-state index in [-0.39, 0.29) is 4.90 Å². The number of benzene rings is 1. The van der Waals surface area contributed by atoms with Gasteiger partial charge in [0.15, 0.2) is 9.45 Å². The molecule has 0 aliphatic rings. The van der Waals surface area contributed by atoms with Crippen molar-refractivity contribution >= 4 is 60.7 Å². The lowest BCUT2D eigenvalue weighted by Crippen LogP contribution is -2.27. The Labute approximate surface area is 155 Å². The minimum absolute atomic E-state index is 0.180. The lowest BCUT2D eigenvalue weighted by molar-refractivity contribution is 0.482. The maximum Gasteiger partial charge on any atom is 0.263 e. The third-order valence-corrected chi connectivity index (χ3v) is 6.55. The van der Waals surface area contributed by atoms with Crippen LogP contribution in [0, 0.1) is 0 Å². The molecule has 130 valence electrons. The summed E-state index contributed by atoms with van der Waals surface area (Å²) in [4.78, 5) is 6.16. The molecule has 1 aromatic carbocycles. The molecule has 0 amide bonds. The SMILES string of the molecule is CCN(CC)C(=S)SNc1ccc(S(=O)(=O)Nc2nccs2)cc1. The van der Waals surface area contributed by atoms with Gasteiger partial charge in [0, 0.05) is 42.3 Å². The fourth-order valence-corrected chi connectivity index (χ4v) is 4.70. The molecule has 2 aromatic rings. The van der Waals surface area contributed by atoms with Gasteiger partial charge >= 0.3 is 0 Å². The Kier molecular flexibility index (Phi) is 6.84. The number of aromatic nitrogens is 1. The Hall–Kier alpha value is -1.36. The molecule has 0 aliphatic heterocycles. The van der Waals surface area contributed by atoms with Gasteiger partial charge in [-0.25, -0.2) is 13.4 Å². The van der Waals surface area contributed by atoms with E-state index in [4.69, 9.17) is 12.2 Å². The van der Waals surface area contributed by atoms with Crippen molar-refractivity contribution in [2.75, 3.05) is 22.5 Å². The molecular weight excluding hydrogens is 384 g/mol. The molecule has 0 saturated heterocycles. The van der Waals surface area contributed by atoms with Crippen LogP contribution >= 0.6 is 35.5 Å². The molecule has 0 unspecified atom stereocenters. The van der Waals surface area contributed by atoms with Gasteiger partial charge in [-0.3, -0.25) is 4.72 Å². The van der Waals surface area contributed by atoms with Crippen LogP contribution in [0.1, 0.15) is 13.8 Å². The van der Waals surface area contributed by atoms with Crippen molar-refractivity contribution in [2.24, 2.45) is 0 Å². The van der Waals surface area contributed by atoms with Crippen LogP contribution in [0.25, 0.3) is 0 Å². The zero-order chi connectivity index (χ0) is 17.6. The van der Waals surface area contributed by atoms with Crippen LogP contribution < -0.4 is 9.44 Å². The maximum atomic E-state index is 12.2. The van der Waals surface area contributed by atoms with E-state index in [1.165, 1.54) is 23.3 Å². The number of hydrogen-bond acceptors (Lipinski definition) is 7. The highest BCUT2D eigenvalue weighted by atomic mass is 32.2. The van der Waals surface area contributed by atoms with Crippen molar-refractivity contribution in [1.29, 1.82) is 0 Å². The average Bonchev–Trinajstić information content (AvgIpc) is 3.06. The summed E-state index contributed by atoms with van der Waals surface area (Å²) in [5.41, 5.74) is 0.780. The number of thiocarbonyl (C=S) groups is 1. The molecule has 1 aromatic heterocycles. The Balaban J connectivity index is 1.99. The average molecular weight is 403 g/mol. The highest BCUT2D eigenvalue weighted by Gasteiger charge is 2.15. The van der Waals surface area contributed by atoms with E-state index in [0.717, 1.165) is 23.1 Å². The molecule has 2 rings (SSSR count). The zero-order valence-corrected chi connectivity index (χ0v) is 16.5. The molecule has 0 atom stereocenters. The third-order valence-electron chi connectivity index (χ3n) is 3.10. The molecule has 0 bridgehead atoms. The summed E-state index contributed by atoms with van der Waals surface area (Å²) in [5, 5.41) is 2.05. The van der Waals surface area contributed by atoms with Crippen molar-refractivity contribution in [3.63, 3.8) is 0 Å². The van der Waals surface area contributed by atoms with Crippen LogP contribution in [-0.4, -0.2) is 35.7 Å². The molecule has 1 heterocycles. The van der Waals surface area contributed by atoms with Crippen LogP contribution in [0.5, 0.6) is 0 Å². The summed E-state index contributed by atoms with van der Waals surface area (Å²) in [6, 6.07) is 6.49. The zero-order valence-electron chi connectivity index (χ0n) is 13.2. The summed E-state index contributed by atoms with van der Waals surface area (Å²) in [6.07, 6.45) is 1.55. The number of rotatable bonds is 7. The Morgan fingerprint density at radius 2 is 1.96 bits per heavy atom. The number of nitrogens with one attached hydrogen (secondary N) is 2. The fraction of sp³-hybridized carbons (Fsp3) is 0.286. The van der Waals surface area contributed by atoms with E-state index >= 15 is 0 Å². The van der Waals surface area contributed by atoms with E-state index in [0.29, 0.717) is 5.13 Å². The summed E-state index contributed by atoms with van der Waals surface area (Å²) in [7, 11) is -3.62. The molecule has 24 heavy (non-hydrogen) atoms. The number of anilines is 2. The van der Waals surface area contributed by atoms with Gasteiger partial charge in [0.05, 0.1) is 4.90 Å². The Bertz CT molecular complexity index is 757. The van der Waals surface area contributed by atoms with Crippen molar-refractivity contribution in [1.82, 2.24) is 9.88 Å². The summed E-state index contributed by atoms with van der Waals surface area (Å²) in [5.74, 6) is 0. The first-order valence-electron chi connectivity index (χ1n) is 7.20. The third kappa shape index (κ3) is 5.07. The smallest absolute Gasteiger partial charge is 0.263 e. The molecule has 0 fully saturated rings. The van der Waals surface area contributed by atoms with Crippen LogP contribution in [0.4, 0.5) is 10.8 Å². The first-order chi connectivity index (χ1) is 11.5. The van der Waals surface area contributed by atoms with Gasteiger partial charge < -0.3 is 9.62 Å². The van der Waals surface area contributed by atoms with Crippen molar-refractivity contribution in [2.45, 2.75) is 18.7 Å². The minimum Gasteiger partial charge on any atom is -0.357 e. The topological polar surface area (TPSA) is 74.3 Å². The van der Waals surface area contributed by atoms with Gasteiger partial charge in [0.2, 0.25) is 0 Å². The number of hydrogen-bond donors (Lipinski definition) is 2. The highest BCUT2D eigenvalue weighted by molar-refractivity contribution is 8.23. The normalized spacial score (nSPS) is 11.1. The molecule has 10 heteroatoms. The molecule has 0 radical (unpaired) electrons. The van der Waals surface area contributed by atoms with Gasteiger partial charge in [0.1, 0.15) is 0 Å². The molecule has 6 nitrogen and oxygen atoms in total. The summed E-state index contributed by atoms with van der Waals surface area (Å²) >= 11 is 7.90. The minimum atomic E-state index is -3.62. The predicted octanol–water partition coefficient (Wildman–Crippen LogP) is 3.63. The van der Waals surface area contributed by atoms with Gasteiger partial charge in [-0.15, -0.1) is 11.3 Å². The van der Waals surface area contributed by atoms with Crippen molar-refractivity contribution in [3.8, 4) is 0 Å². The number of thiazole rings is 1. The first kappa shape index (κ1) is 19.0. The molecule has 0 saturated carbocycles. The molecule has 2 N–H and O–H groups in total.